The maximum absolute atomic E-state index is 3.34. The highest BCUT2D eigenvalue weighted by Crippen LogP contribution is 2.25. The second-order valence-electron chi connectivity index (χ2n) is 3.50. The maximum atomic E-state index is 3.34. The monoisotopic (exact) mass is 238 g/mol. The number of hydrogen-bond donors (Lipinski definition) is 0. The van der Waals surface area contributed by atoms with Crippen molar-refractivity contribution in [2.75, 3.05) is 0 Å². The summed E-state index contributed by atoms with van der Waals surface area (Å²) < 4.78 is 0. The largest absolute Gasteiger partial charge is 0.0698 e. The first kappa shape index (κ1) is 10.5. The standard InChI is InChI=1S/C12H15Br/c1-10(2)12(8-9-13)11-6-4-3-5-7-11/h3-10,12H,1-2H3/b9-8+. The Hall–Kier alpha value is -0.560. The van der Waals surface area contributed by atoms with Crippen molar-refractivity contribution in [1.82, 2.24) is 0 Å². The number of hydrogen-bond acceptors (Lipinski definition) is 0. The van der Waals surface area contributed by atoms with Crippen molar-refractivity contribution in [2.45, 2.75) is 19.8 Å². The lowest BCUT2D eigenvalue weighted by Crippen LogP contribution is -2.02. The fourth-order valence-corrected chi connectivity index (χ4v) is 1.80. The number of rotatable bonds is 3. The first-order valence-corrected chi connectivity index (χ1v) is 5.49. The zero-order valence-electron chi connectivity index (χ0n) is 8.07. The van der Waals surface area contributed by atoms with Crippen molar-refractivity contribution in [3.05, 3.63) is 47.0 Å². The van der Waals surface area contributed by atoms with Gasteiger partial charge in [0.25, 0.3) is 0 Å². The molecule has 0 amide bonds. The van der Waals surface area contributed by atoms with Crippen LogP contribution in [0.4, 0.5) is 0 Å². The molecule has 0 bridgehead atoms. The van der Waals surface area contributed by atoms with Crippen molar-refractivity contribution in [1.29, 1.82) is 0 Å². The average Bonchev–Trinajstić information content (AvgIpc) is 2.15. The van der Waals surface area contributed by atoms with Crippen LogP contribution in [-0.2, 0) is 0 Å². The Bertz CT molecular complexity index is 262. The van der Waals surface area contributed by atoms with Crippen LogP contribution in [0.3, 0.4) is 0 Å². The third kappa shape index (κ3) is 3.00. The van der Waals surface area contributed by atoms with E-state index >= 15 is 0 Å². The first-order valence-electron chi connectivity index (χ1n) is 4.57. The minimum Gasteiger partial charge on any atom is -0.0698 e. The number of benzene rings is 1. The van der Waals surface area contributed by atoms with Gasteiger partial charge in [-0.2, -0.15) is 0 Å². The molecule has 1 unspecified atom stereocenters. The summed E-state index contributed by atoms with van der Waals surface area (Å²) in [6.07, 6.45) is 2.19. The second kappa shape index (κ2) is 5.23. The molecule has 1 rings (SSSR count). The van der Waals surface area contributed by atoms with E-state index in [1.807, 2.05) is 4.99 Å². The smallest absolute Gasteiger partial charge is 0.00492 e. The van der Waals surface area contributed by atoms with Gasteiger partial charge >= 0.3 is 0 Å². The molecule has 0 saturated carbocycles. The molecular formula is C12H15Br. The van der Waals surface area contributed by atoms with Gasteiger partial charge in [-0.25, -0.2) is 0 Å². The average molecular weight is 239 g/mol. The zero-order valence-corrected chi connectivity index (χ0v) is 9.66. The molecule has 13 heavy (non-hydrogen) atoms. The lowest BCUT2D eigenvalue weighted by Gasteiger charge is -2.16. The van der Waals surface area contributed by atoms with E-state index in [-0.39, 0.29) is 0 Å². The first-order chi connectivity index (χ1) is 6.25. The molecule has 0 radical (unpaired) electrons. The molecule has 0 heterocycles. The van der Waals surface area contributed by atoms with Crippen LogP contribution in [0.25, 0.3) is 0 Å². The van der Waals surface area contributed by atoms with Crippen molar-refractivity contribution >= 4 is 15.9 Å². The summed E-state index contributed by atoms with van der Waals surface area (Å²) in [7, 11) is 0. The van der Waals surface area contributed by atoms with Gasteiger partial charge in [0.1, 0.15) is 0 Å². The van der Waals surface area contributed by atoms with Crippen LogP contribution >= 0.6 is 15.9 Å². The predicted octanol–water partition coefficient (Wildman–Crippen LogP) is 4.33. The van der Waals surface area contributed by atoms with Crippen LogP contribution in [0, 0.1) is 5.92 Å². The van der Waals surface area contributed by atoms with Gasteiger partial charge in [0.2, 0.25) is 0 Å². The quantitative estimate of drug-likeness (QED) is 0.736. The molecule has 0 fully saturated rings. The van der Waals surface area contributed by atoms with E-state index in [2.05, 4.69) is 66.2 Å². The molecule has 1 aromatic carbocycles. The van der Waals surface area contributed by atoms with Gasteiger partial charge in [-0.3, -0.25) is 0 Å². The molecule has 0 saturated heterocycles. The lowest BCUT2D eigenvalue weighted by atomic mass is 9.89. The van der Waals surface area contributed by atoms with Gasteiger partial charge in [0.05, 0.1) is 0 Å². The topological polar surface area (TPSA) is 0 Å². The van der Waals surface area contributed by atoms with Crippen molar-refractivity contribution < 1.29 is 0 Å². The highest BCUT2D eigenvalue weighted by molar-refractivity contribution is 9.11. The van der Waals surface area contributed by atoms with E-state index in [4.69, 9.17) is 0 Å². The molecule has 1 heteroatoms. The van der Waals surface area contributed by atoms with E-state index in [1.54, 1.807) is 0 Å². The summed E-state index contributed by atoms with van der Waals surface area (Å²) in [5.74, 6) is 1.15. The highest BCUT2D eigenvalue weighted by atomic mass is 79.9. The minimum absolute atomic E-state index is 0.514. The summed E-state index contributed by atoms with van der Waals surface area (Å²) in [6.45, 7) is 4.48. The molecule has 0 nitrogen and oxygen atoms in total. The van der Waals surface area contributed by atoms with Crippen LogP contribution in [0.15, 0.2) is 41.4 Å². The summed E-state index contributed by atoms with van der Waals surface area (Å²) in [6, 6.07) is 10.6. The number of allylic oxidation sites excluding steroid dienone is 1. The molecule has 70 valence electrons. The maximum Gasteiger partial charge on any atom is 0.00492 e. The van der Waals surface area contributed by atoms with Crippen molar-refractivity contribution in [2.24, 2.45) is 5.92 Å². The molecule has 1 atom stereocenters. The Morgan fingerprint density at radius 1 is 1.15 bits per heavy atom. The molecule has 0 aromatic heterocycles. The van der Waals surface area contributed by atoms with Gasteiger partial charge in [0.15, 0.2) is 0 Å². The van der Waals surface area contributed by atoms with Crippen molar-refractivity contribution in [3.63, 3.8) is 0 Å². The van der Waals surface area contributed by atoms with E-state index in [9.17, 15) is 0 Å². The molecule has 1 aromatic rings. The number of halogens is 1. The van der Waals surface area contributed by atoms with Gasteiger partial charge in [-0.1, -0.05) is 66.2 Å². The molecule has 0 N–H and O–H groups in total. The van der Waals surface area contributed by atoms with Crippen LogP contribution in [0.1, 0.15) is 25.3 Å². The predicted molar refractivity (Wildman–Crippen MR) is 62.1 cm³/mol. The van der Waals surface area contributed by atoms with E-state index in [1.165, 1.54) is 5.56 Å². The SMILES string of the molecule is CC(C)C(/C=C/Br)c1ccccc1. The van der Waals surface area contributed by atoms with Crippen LogP contribution < -0.4 is 0 Å². The summed E-state index contributed by atoms with van der Waals surface area (Å²) >= 11 is 3.34. The van der Waals surface area contributed by atoms with Crippen molar-refractivity contribution in [3.8, 4) is 0 Å². The molecule has 0 aliphatic carbocycles. The van der Waals surface area contributed by atoms with Gasteiger partial charge in [-0.15, -0.1) is 0 Å². The van der Waals surface area contributed by atoms with E-state index in [0.717, 1.165) is 0 Å². The van der Waals surface area contributed by atoms with Crippen LogP contribution in [0.2, 0.25) is 0 Å². The van der Waals surface area contributed by atoms with Crippen LogP contribution in [0.5, 0.6) is 0 Å². The Morgan fingerprint density at radius 2 is 1.77 bits per heavy atom. The highest BCUT2D eigenvalue weighted by Gasteiger charge is 2.10. The summed E-state index contributed by atoms with van der Waals surface area (Å²) in [5.41, 5.74) is 1.38. The van der Waals surface area contributed by atoms with Gasteiger partial charge < -0.3 is 0 Å². The Morgan fingerprint density at radius 3 is 2.23 bits per heavy atom. The van der Waals surface area contributed by atoms with E-state index in [0.29, 0.717) is 11.8 Å². The zero-order chi connectivity index (χ0) is 9.68. The second-order valence-corrected chi connectivity index (χ2v) is 4.03. The Labute approximate surface area is 88.8 Å². The Kier molecular flexibility index (Phi) is 4.23. The fourth-order valence-electron chi connectivity index (χ4n) is 1.47. The minimum atomic E-state index is 0.514. The molecule has 0 aliphatic heterocycles. The lowest BCUT2D eigenvalue weighted by molar-refractivity contribution is 0.579. The van der Waals surface area contributed by atoms with Gasteiger partial charge in [0, 0.05) is 5.92 Å². The fraction of sp³-hybridized carbons (Fsp3) is 0.333. The third-order valence-corrected chi connectivity index (χ3v) is 2.49. The molecular weight excluding hydrogens is 224 g/mol. The molecule has 0 spiro atoms. The molecule has 0 aliphatic rings. The Balaban J connectivity index is 2.89. The normalized spacial score (nSPS) is 13.8. The van der Waals surface area contributed by atoms with Gasteiger partial charge in [-0.05, 0) is 16.5 Å². The third-order valence-electron chi connectivity index (χ3n) is 2.18. The summed E-state index contributed by atoms with van der Waals surface area (Å²) in [4.78, 5) is 1.95. The van der Waals surface area contributed by atoms with Crippen LogP contribution in [-0.4, -0.2) is 0 Å². The van der Waals surface area contributed by atoms with E-state index < -0.39 is 0 Å². The summed E-state index contributed by atoms with van der Waals surface area (Å²) in [5, 5.41) is 0.